The first kappa shape index (κ1) is 12.4. The van der Waals surface area contributed by atoms with Crippen molar-refractivity contribution in [3.63, 3.8) is 0 Å². The highest BCUT2D eigenvalue weighted by molar-refractivity contribution is 6.04. The zero-order chi connectivity index (χ0) is 14.1. The minimum Gasteiger partial charge on any atom is -0.545 e. The van der Waals surface area contributed by atoms with Gasteiger partial charge < -0.3 is 9.90 Å². The molecule has 0 saturated heterocycles. The number of para-hydroxylation sites is 1. The lowest BCUT2D eigenvalue weighted by atomic mass is 9.98. The van der Waals surface area contributed by atoms with Gasteiger partial charge in [0.05, 0.1) is 17.2 Å². The number of rotatable bonds is 2. The predicted octanol–water partition coefficient (Wildman–Crippen LogP) is 2.57. The monoisotopic (exact) mass is 262 g/mol. The molecular formula is C17H12NO2-. The van der Waals surface area contributed by atoms with Gasteiger partial charge in [-0.3, -0.25) is 0 Å². The lowest BCUT2D eigenvalue weighted by Gasteiger charge is -2.15. The molecule has 0 saturated carbocycles. The van der Waals surface area contributed by atoms with Crippen LogP contribution in [0.2, 0.25) is 0 Å². The van der Waals surface area contributed by atoms with Gasteiger partial charge in [0.25, 0.3) is 0 Å². The summed E-state index contributed by atoms with van der Waals surface area (Å²) in [5.41, 5.74) is 3.10. The molecule has 0 unspecified atom stereocenters. The minimum atomic E-state index is -1.17. The highest BCUT2D eigenvalue weighted by atomic mass is 16.4. The lowest BCUT2D eigenvalue weighted by molar-refractivity contribution is -0.254. The number of carboxylic acid groups (broad SMARTS) is 1. The van der Waals surface area contributed by atoms with Gasteiger partial charge in [0, 0.05) is 16.5 Å². The Hall–Kier alpha value is -2.68. The number of carbonyl (C=O) groups excluding carboxylic acids is 1. The van der Waals surface area contributed by atoms with Crippen molar-refractivity contribution in [2.24, 2.45) is 0 Å². The van der Waals surface area contributed by atoms with Crippen LogP contribution in [-0.4, -0.2) is 11.0 Å². The molecule has 1 heterocycles. The first-order valence-electron chi connectivity index (χ1n) is 6.34. The first-order chi connectivity index (χ1) is 9.68. The minimum absolute atomic E-state index is 0.217. The number of fused-ring (bicyclic) bond motifs is 1. The molecule has 0 atom stereocenters. The van der Waals surface area contributed by atoms with Crippen molar-refractivity contribution in [2.45, 2.75) is 6.92 Å². The van der Waals surface area contributed by atoms with E-state index < -0.39 is 5.97 Å². The molecule has 0 aliphatic rings. The zero-order valence-electron chi connectivity index (χ0n) is 11.0. The number of carbonyl (C=O) groups is 1. The molecule has 3 heteroatoms. The number of nitrogens with zero attached hydrogens (tertiary/aromatic N) is 1. The average Bonchev–Trinajstić information content (AvgIpc) is 2.47. The molecule has 0 aliphatic heterocycles. The van der Waals surface area contributed by atoms with Crippen molar-refractivity contribution >= 4 is 16.9 Å². The summed E-state index contributed by atoms with van der Waals surface area (Å²) >= 11 is 0. The molecule has 2 aromatic carbocycles. The van der Waals surface area contributed by atoms with Gasteiger partial charge in [0.15, 0.2) is 0 Å². The van der Waals surface area contributed by atoms with E-state index in [1.807, 2.05) is 42.5 Å². The Morgan fingerprint density at radius 2 is 1.65 bits per heavy atom. The summed E-state index contributed by atoms with van der Waals surface area (Å²) < 4.78 is 0. The van der Waals surface area contributed by atoms with Gasteiger partial charge in [-0.15, -0.1) is 0 Å². The number of aromatic carboxylic acids is 1. The van der Waals surface area contributed by atoms with E-state index in [1.54, 1.807) is 19.1 Å². The zero-order valence-corrected chi connectivity index (χ0v) is 11.0. The van der Waals surface area contributed by atoms with Crippen LogP contribution < -0.4 is 5.11 Å². The van der Waals surface area contributed by atoms with Gasteiger partial charge in [0.1, 0.15) is 0 Å². The topological polar surface area (TPSA) is 53.0 Å². The van der Waals surface area contributed by atoms with Gasteiger partial charge in [-0.1, -0.05) is 48.5 Å². The van der Waals surface area contributed by atoms with Crippen molar-refractivity contribution in [1.82, 2.24) is 4.98 Å². The summed E-state index contributed by atoms with van der Waals surface area (Å²) in [5, 5.41) is 12.1. The average molecular weight is 262 g/mol. The quantitative estimate of drug-likeness (QED) is 0.713. The van der Waals surface area contributed by atoms with E-state index in [0.29, 0.717) is 22.2 Å². The molecule has 3 aromatic rings. The fourth-order valence-corrected chi connectivity index (χ4v) is 2.45. The SMILES string of the molecule is Cc1c(-c2ccccc2)nc2ccccc2c1C(=O)[O-]. The maximum absolute atomic E-state index is 11.5. The number of carboxylic acids is 1. The van der Waals surface area contributed by atoms with Gasteiger partial charge >= 0.3 is 0 Å². The third-order valence-electron chi connectivity index (χ3n) is 3.39. The van der Waals surface area contributed by atoms with E-state index in [2.05, 4.69) is 4.98 Å². The van der Waals surface area contributed by atoms with Crippen LogP contribution >= 0.6 is 0 Å². The maximum atomic E-state index is 11.5. The van der Waals surface area contributed by atoms with Crippen LogP contribution in [0.25, 0.3) is 22.2 Å². The molecule has 0 N–H and O–H groups in total. The second kappa shape index (κ2) is 4.78. The number of hydrogen-bond donors (Lipinski definition) is 0. The molecule has 3 rings (SSSR count). The highest BCUT2D eigenvalue weighted by Gasteiger charge is 2.13. The molecule has 1 aromatic heterocycles. The van der Waals surface area contributed by atoms with E-state index >= 15 is 0 Å². The summed E-state index contributed by atoms with van der Waals surface area (Å²) in [6.07, 6.45) is 0. The van der Waals surface area contributed by atoms with Gasteiger partial charge in [0.2, 0.25) is 0 Å². The highest BCUT2D eigenvalue weighted by Crippen LogP contribution is 2.28. The second-order valence-electron chi connectivity index (χ2n) is 4.63. The summed E-state index contributed by atoms with van der Waals surface area (Å²) in [7, 11) is 0. The molecule has 98 valence electrons. The van der Waals surface area contributed by atoms with Crippen molar-refractivity contribution in [2.75, 3.05) is 0 Å². The Labute approximate surface area is 116 Å². The predicted molar refractivity (Wildman–Crippen MR) is 76.2 cm³/mol. The number of benzene rings is 2. The van der Waals surface area contributed by atoms with Gasteiger partial charge in [-0.2, -0.15) is 0 Å². The van der Waals surface area contributed by atoms with Crippen molar-refractivity contribution < 1.29 is 9.90 Å². The summed E-state index contributed by atoms with van der Waals surface area (Å²) in [6, 6.07) is 16.8. The smallest absolute Gasteiger partial charge is 0.0745 e. The van der Waals surface area contributed by atoms with Crippen LogP contribution in [0.5, 0.6) is 0 Å². The van der Waals surface area contributed by atoms with E-state index in [-0.39, 0.29) is 5.56 Å². The first-order valence-corrected chi connectivity index (χ1v) is 6.34. The maximum Gasteiger partial charge on any atom is 0.0745 e. The molecule has 0 radical (unpaired) electrons. The summed E-state index contributed by atoms with van der Waals surface area (Å²) in [5.74, 6) is -1.17. The Bertz CT molecular complexity index is 795. The molecule has 20 heavy (non-hydrogen) atoms. The van der Waals surface area contributed by atoms with E-state index in [0.717, 1.165) is 5.56 Å². The normalized spacial score (nSPS) is 10.7. The molecule has 0 fully saturated rings. The fraction of sp³-hybridized carbons (Fsp3) is 0.0588. The fourth-order valence-electron chi connectivity index (χ4n) is 2.45. The lowest BCUT2D eigenvalue weighted by Crippen LogP contribution is -2.24. The van der Waals surface area contributed by atoms with Crippen molar-refractivity contribution in [1.29, 1.82) is 0 Å². The Kier molecular flexibility index (Phi) is 2.95. The largest absolute Gasteiger partial charge is 0.545 e. The third kappa shape index (κ3) is 1.93. The standard InChI is InChI=1S/C17H13NO2/c1-11-15(17(19)20)13-9-5-6-10-14(13)18-16(11)12-7-3-2-4-8-12/h2-10H,1H3,(H,19,20)/p-1. The van der Waals surface area contributed by atoms with Gasteiger partial charge in [-0.05, 0) is 18.6 Å². The molecule has 0 bridgehead atoms. The second-order valence-corrected chi connectivity index (χ2v) is 4.63. The Balaban J connectivity index is 2.40. The number of hydrogen-bond acceptors (Lipinski definition) is 3. The van der Waals surface area contributed by atoms with E-state index in [1.165, 1.54) is 0 Å². The molecule has 0 aliphatic carbocycles. The molecule has 0 spiro atoms. The van der Waals surface area contributed by atoms with E-state index in [4.69, 9.17) is 0 Å². The Morgan fingerprint density at radius 1 is 1.00 bits per heavy atom. The van der Waals surface area contributed by atoms with Crippen molar-refractivity contribution in [3.05, 3.63) is 65.7 Å². The number of aromatic nitrogens is 1. The third-order valence-corrected chi connectivity index (χ3v) is 3.39. The molecule has 0 amide bonds. The molecule has 3 nitrogen and oxygen atoms in total. The Morgan fingerprint density at radius 3 is 2.35 bits per heavy atom. The van der Waals surface area contributed by atoms with E-state index in [9.17, 15) is 9.90 Å². The van der Waals surface area contributed by atoms with Crippen LogP contribution in [-0.2, 0) is 0 Å². The van der Waals surface area contributed by atoms with Crippen LogP contribution in [0.15, 0.2) is 54.6 Å². The van der Waals surface area contributed by atoms with Crippen molar-refractivity contribution in [3.8, 4) is 11.3 Å². The summed E-state index contributed by atoms with van der Waals surface area (Å²) in [6.45, 7) is 1.77. The number of pyridine rings is 1. The van der Waals surface area contributed by atoms with Crippen LogP contribution in [0.1, 0.15) is 15.9 Å². The molecular weight excluding hydrogens is 250 g/mol. The summed E-state index contributed by atoms with van der Waals surface area (Å²) in [4.78, 5) is 16.1. The van der Waals surface area contributed by atoms with Crippen LogP contribution in [0, 0.1) is 6.92 Å². The van der Waals surface area contributed by atoms with Crippen LogP contribution in [0.3, 0.4) is 0 Å². The van der Waals surface area contributed by atoms with Gasteiger partial charge in [-0.25, -0.2) is 4.98 Å². The van der Waals surface area contributed by atoms with Crippen LogP contribution in [0.4, 0.5) is 0 Å².